The molecule has 1 rings (SSSR count). The Labute approximate surface area is 111 Å². The Bertz CT molecular complexity index is 358. The van der Waals surface area contributed by atoms with Crippen LogP contribution < -0.4 is 5.32 Å². The van der Waals surface area contributed by atoms with E-state index >= 15 is 0 Å². The molecule has 0 saturated carbocycles. The van der Waals surface area contributed by atoms with Crippen LogP contribution in [0.1, 0.15) is 32.6 Å². The first-order valence-electron chi connectivity index (χ1n) is 6.32. The molecule has 1 fully saturated rings. The standard InChI is InChI=1S/C12H20N2O5/c1-8(7-10(15)16)13-12(18)14-6-4-3-5-9(14)11(17)19-2/h8-9H,3-7H2,1-2H3,(H,13,18)(H,15,16). The normalized spacial score (nSPS) is 20.5. The van der Waals surface area contributed by atoms with Crippen LogP contribution in [0.2, 0.25) is 0 Å². The van der Waals surface area contributed by atoms with Gasteiger partial charge in [-0.2, -0.15) is 0 Å². The first kappa shape index (κ1) is 15.3. The number of esters is 1. The number of hydrogen-bond acceptors (Lipinski definition) is 4. The summed E-state index contributed by atoms with van der Waals surface area (Å²) in [6, 6.07) is -1.47. The minimum absolute atomic E-state index is 0.150. The minimum Gasteiger partial charge on any atom is -0.481 e. The molecule has 0 bridgehead atoms. The van der Waals surface area contributed by atoms with Crippen LogP contribution in [0.25, 0.3) is 0 Å². The highest BCUT2D eigenvalue weighted by molar-refractivity contribution is 5.84. The first-order chi connectivity index (χ1) is 8.95. The summed E-state index contributed by atoms with van der Waals surface area (Å²) < 4.78 is 4.68. The number of carboxylic acids is 1. The highest BCUT2D eigenvalue weighted by Crippen LogP contribution is 2.18. The van der Waals surface area contributed by atoms with E-state index in [9.17, 15) is 14.4 Å². The van der Waals surface area contributed by atoms with E-state index in [1.54, 1.807) is 6.92 Å². The zero-order valence-corrected chi connectivity index (χ0v) is 11.2. The van der Waals surface area contributed by atoms with Crippen LogP contribution in [0.5, 0.6) is 0 Å². The summed E-state index contributed by atoms with van der Waals surface area (Å²) in [5, 5.41) is 11.2. The number of nitrogens with one attached hydrogen (secondary N) is 1. The Morgan fingerprint density at radius 3 is 2.68 bits per heavy atom. The van der Waals surface area contributed by atoms with Crippen LogP contribution >= 0.6 is 0 Å². The lowest BCUT2D eigenvalue weighted by Crippen LogP contribution is -2.53. The van der Waals surface area contributed by atoms with Crippen molar-refractivity contribution in [2.24, 2.45) is 0 Å². The van der Waals surface area contributed by atoms with Gasteiger partial charge in [-0.1, -0.05) is 0 Å². The average Bonchev–Trinajstić information content (AvgIpc) is 2.36. The van der Waals surface area contributed by atoms with Crippen molar-refractivity contribution in [3.63, 3.8) is 0 Å². The molecule has 1 heterocycles. The first-order valence-corrected chi connectivity index (χ1v) is 6.32. The molecule has 1 aliphatic heterocycles. The number of piperidine rings is 1. The van der Waals surface area contributed by atoms with Crippen LogP contribution in [0.3, 0.4) is 0 Å². The Morgan fingerprint density at radius 2 is 2.11 bits per heavy atom. The second-order valence-electron chi connectivity index (χ2n) is 4.68. The number of carboxylic acid groups (broad SMARTS) is 1. The van der Waals surface area contributed by atoms with Gasteiger partial charge in [-0.15, -0.1) is 0 Å². The Hall–Kier alpha value is -1.79. The monoisotopic (exact) mass is 272 g/mol. The molecule has 1 saturated heterocycles. The molecular formula is C12H20N2O5. The number of aliphatic carboxylic acids is 1. The van der Waals surface area contributed by atoms with E-state index in [0.717, 1.165) is 12.8 Å². The van der Waals surface area contributed by atoms with Gasteiger partial charge in [-0.3, -0.25) is 4.79 Å². The fourth-order valence-corrected chi connectivity index (χ4v) is 2.16. The van der Waals surface area contributed by atoms with Gasteiger partial charge in [0, 0.05) is 12.6 Å². The lowest BCUT2D eigenvalue weighted by Gasteiger charge is -2.34. The van der Waals surface area contributed by atoms with E-state index < -0.39 is 30.1 Å². The summed E-state index contributed by atoms with van der Waals surface area (Å²) in [7, 11) is 1.29. The van der Waals surface area contributed by atoms with E-state index in [2.05, 4.69) is 10.1 Å². The highest BCUT2D eigenvalue weighted by Gasteiger charge is 2.33. The molecule has 1 aliphatic rings. The van der Waals surface area contributed by atoms with Crippen molar-refractivity contribution < 1.29 is 24.2 Å². The SMILES string of the molecule is COC(=O)C1CCCCN1C(=O)NC(C)CC(=O)O. The summed E-state index contributed by atoms with van der Waals surface area (Å²) in [5.74, 6) is -1.41. The molecule has 0 aromatic rings. The van der Waals surface area contributed by atoms with Gasteiger partial charge >= 0.3 is 18.0 Å². The zero-order valence-electron chi connectivity index (χ0n) is 11.2. The van der Waals surface area contributed by atoms with Crippen LogP contribution in [0.4, 0.5) is 4.79 Å². The number of rotatable bonds is 4. The second-order valence-corrected chi connectivity index (χ2v) is 4.68. The molecule has 2 amide bonds. The quantitative estimate of drug-likeness (QED) is 0.730. The van der Waals surface area contributed by atoms with E-state index in [4.69, 9.17) is 5.11 Å². The number of methoxy groups -OCH3 is 1. The Balaban J connectivity index is 2.61. The van der Waals surface area contributed by atoms with Crippen molar-refractivity contribution in [3.8, 4) is 0 Å². The van der Waals surface area contributed by atoms with Gasteiger partial charge in [-0.05, 0) is 26.2 Å². The second kappa shape index (κ2) is 6.96. The predicted molar refractivity (Wildman–Crippen MR) is 66.6 cm³/mol. The van der Waals surface area contributed by atoms with E-state index in [1.165, 1.54) is 12.0 Å². The van der Waals surface area contributed by atoms with Gasteiger partial charge < -0.3 is 20.1 Å². The van der Waals surface area contributed by atoms with Crippen LogP contribution in [0.15, 0.2) is 0 Å². The topological polar surface area (TPSA) is 95.9 Å². The van der Waals surface area contributed by atoms with Crippen molar-refractivity contribution in [2.75, 3.05) is 13.7 Å². The van der Waals surface area contributed by atoms with Crippen LogP contribution in [0, 0.1) is 0 Å². The smallest absolute Gasteiger partial charge is 0.328 e. The molecule has 2 N–H and O–H groups in total. The van der Waals surface area contributed by atoms with Gasteiger partial charge in [0.1, 0.15) is 6.04 Å². The van der Waals surface area contributed by atoms with E-state index in [-0.39, 0.29) is 6.42 Å². The number of urea groups is 1. The number of carbonyl (C=O) groups excluding carboxylic acids is 2. The van der Waals surface area contributed by atoms with Crippen molar-refractivity contribution in [1.82, 2.24) is 10.2 Å². The number of amides is 2. The summed E-state index contributed by atoms with van der Waals surface area (Å²) in [6.45, 7) is 2.09. The van der Waals surface area contributed by atoms with Gasteiger partial charge in [0.2, 0.25) is 0 Å². The minimum atomic E-state index is -0.976. The maximum atomic E-state index is 12.0. The lowest BCUT2D eigenvalue weighted by molar-refractivity contribution is -0.147. The van der Waals surface area contributed by atoms with Crippen molar-refractivity contribution in [2.45, 2.75) is 44.7 Å². The number of carbonyl (C=O) groups is 3. The molecule has 0 aromatic heterocycles. The summed E-state index contributed by atoms with van der Waals surface area (Å²) in [5.41, 5.74) is 0. The molecule has 0 spiro atoms. The third-order valence-electron chi connectivity index (χ3n) is 3.09. The van der Waals surface area contributed by atoms with Gasteiger partial charge in [0.25, 0.3) is 0 Å². The fraction of sp³-hybridized carbons (Fsp3) is 0.750. The zero-order chi connectivity index (χ0) is 14.4. The summed E-state index contributed by atoms with van der Waals surface area (Å²) in [6.07, 6.45) is 2.12. The van der Waals surface area contributed by atoms with E-state index in [0.29, 0.717) is 13.0 Å². The highest BCUT2D eigenvalue weighted by atomic mass is 16.5. The summed E-state index contributed by atoms with van der Waals surface area (Å²) >= 11 is 0. The molecule has 108 valence electrons. The van der Waals surface area contributed by atoms with Gasteiger partial charge in [-0.25, -0.2) is 9.59 Å². The Morgan fingerprint density at radius 1 is 1.42 bits per heavy atom. The molecule has 7 heteroatoms. The largest absolute Gasteiger partial charge is 0.481 e. The molecular weight excluding hydrogens is 252 g/mol. The third-order valence-corrected chi connectivity index (χ3v) is 3.09. The number of nitrogens with zero attached hydrogens (tertiary/aromatic N) is 1. The third kappa shape index (κ3) is 4.42. The number of likely N-dealkylation sites (tertiary alicyclic amines) is 1. The molecule has 0 radical (unpaired) electrons. The van der Waals surface area contributed by atoms with Crippen molar-refractivity contribution in [3.05, 3.63) is 0 Å². The van der Waals surface area contributed by atoms with E-state index in [1.807, 2.05) is 0 Å². The maximum Gasteiger partial charge on any atom is 0.328 e. The number of ether oxygens (including phenoxy) is 1. The summed E-state index contributed by atoms with van der Waals surface area (Å²) in [4.78, 5) is 35.6. The Kier molecular flexibility index (Phi) is 5.59. The molecule has 0 aliphatic carbocycles. The van der Waals surface area contributed by atoms with Gasteiger partial charge in [0.05, 0.1) is 13.5 Å². The maximum absolute atomic E-state index is 12.0. The van der Waals surface area contributed by atoms with Crippen molar-refractivity contribution >= 4 is 18.0 Å². The van der Waals surface area contributed by atoms with Crippen LogP contribution in [-0.4, -0.2) is 53.7 Å². The molecule has 2 unspecified atom stereocenters. The lowest BCUT2D eigenvalue weighted by atomic mass is 10.0. The average molecular weight is 272 g/mol. The molecule has 2 atom stereocenters. The number of hydrogen-bond donors (Lipinski definition) is 2. The van der Waals surface area contributed by atoms with Gasteiger partial charge in [0.15, 0.2) is 0 Å². The molecule has 7 nitrogen and oxygen atoms in total. The fourth-order valence-electron chi connectivity index (χ4n) is 2.16. The van der Waals surface area contributed by atoms with Crippen molar-refractivity contribution in [1.29, 1.82) is 0 Å². The molecule has 0 aromatic carbocycles. The molecule has 19 heavy (non-hydrogen) atoms. The predicted octanol–water partition coefficient (Wildman–Crippen LogP) is 0.587. The van der Waals surface area contributed by atoms with Crippen LogP contribution in [-0.2, 0) is 14.3 Å².